The van der Waals surface area contributed by atoms with E-state index in [4.69, 9.17) is 5.41 Å². The van der Waals surface area contributed by atoms with Gasteiger partial charge in [0.1, 0.15) is 11.6 Å². The molecule has 23 heavy (non-hydrogen) atoms. The van der Waals surface area contributed by atoms with Crippen LogP contribution in [0.3, 0.4) is 0 Å². The zero-order valence-electron chi connectivity index (χ0n) is 13.3. The van der Waals surface area contributed by atoms with Crippen LogP contribution in [0.4, 0.5) is 11.6 Å². The van der Waals surface area contributed by atoms with Crippen molar-refractivity contribution in [1.82, 2.24) is 9.97 Å². The fourth-order valence-electron chi connectivity index (χ4n) is 2.36. The van der Waals surface area contributed by atoms with Crippen LogP contribution in [-0.2, 0) is 0 Å². The Kier molecular flexibility index (Phi) is 4.21. The summed E-state index contributed by atoms with van der Waals surface area (Å²) in [5.74, 6) is 1.55. The van der Waals surface area contributed by atoms with Crippen LogP contribution in [-0.4, -0.2) is 15.7 Å². The molecule has 2 N–H and O–H groups in total. The topological polar surface area (TPSA) is 61.7 Å². The quantitative estimate of drug-likeness (QED) is 0.668. The largest absolute Gasteiger partial charge is 0.325 e. The fraction of sp³-hybridized carbons (Fsp3) is 0.167. The lowest BCUT2D eigenvalue weighted by Gasteiger charge is -2.06. The average Bonchev–Trinajstić information content (AvgIpc) is 2.90. The molecule has 0 radical (unpaired) electrons. The van der Waals surface area contributed by atoms with Gasteiger partial charge in [0, 0.05) is 11.9 Å². The molecule has 0 amide bonds. The van der Waals surface area contributed by atoms with Gasteiger partial charge in [-0.15, -0.1) is 11.3 Å². The van der Waals surface area contributed by atoms with Crippen molar-refractivity contribution in [2.45, 2.75) is 20.8 Å². The fourth-order valence-corrected chi connectivity index (χ4v) is 3.40. The van der Waals surface area contributed by atoms with E-state index in [1.807, 2.05) is 51.1 Å². The zero-order chi connectivity index (χ0) is 16.4. The van der Waals surface area contributed by atoms with Crippen molar-refractivity contribution >= 4 is 28.7 Å². The van der Waals surface area contributed by atoms with Crippen molar-refractivity contribution < 1.29 is 0 Å². The summed E-state index contributed by atoms with van der Waals surface area (Å²) in [6, 6.07) is 11.9. The van der Waals surface area contributed by atoms with Gasteiger partial charge < -0.3 is 10.7 Å². The van der Waals surface area contributed by atoms with Gasteiger partial charge in [-0.1, -0.05) is 6.07 Å². The molecule has 0 fully saturated rings. The number of hydrogen-bond acceptors (Lipinski definition) is 5. The SMILES string of the molecule is CC(=N)c1sc(-c2cccc(Nc3cc(C)ccn3)n2)cc1C. The monoisotopic (exact) mass is 322 g/mol. The molecular formula is C18H18N4S. The van der Waals surface area contributed by atoms with E-state index >= 15 is 0 Å². The lowest BCUT2D eigenvalue weighted by Crippen LogP contribution is -1.96. The number of rotatable bonds is 4. The predicted molar refractivity (Wildman–Crippen MR) is 97.0 cm³/mol. The van der Waals surface area contributed by atoms with Crippen molar-refractivity contribution in [1.29, 1.82) is 5.41 Å². The van der Waals surface area contributed by atoms with Crippen LogP contribution in [0.1, 0.15) is 22.9 Å². The highest BCUT2D eigenvalue weighted by atomic mass is 32.1. The van der Waals surface area contributed by atoms with Gasteiger partial charge in [0.05, 0.1) is 15.4 Å². The molecule has 0 aliphatic heterocycles. The molecule has 3 rings (SSSR count). The highest BCUT2D eigenvalue weighted by Gasteiger charge is 2.10. The number of aryl methyl sites for hydroxylation is 2. The van der Waals surface area contributed by atoms with Crippen molar-refractivity contribution in [3.8, 4) is 10.6 Å². The van der Waals surface area contributed by atoms with Gasteiger partial charge in [-0.3, -0.25) is 0 Å². The second-order valence-corrected chi connectivity index (χ2v) is 6.55. The smallest absolute Gasteiger partial charge is 0.132 e. The van der Waals surface area contributed by atoms with Gasteiger partial charge in [-0.2, -0.15) is 0 Å². The number of thiophene rings is 1. The Morgan fingerprint density at radius 2 is 1.96 bits per heavy atom. The predicted octanol–water partition coefficient (Wildman–Crippen LogP) is 4.95. The third kappa shape index (κ3) is 3.46. The van der Waals surface area contributed by atoms with Crippen LogP contribution in [0.5, 0.6) is 0 Å². The molecule has 0 saturated carbocycles. The van der Waals surface area contributed by atoms with Crippen LogP contribution in [0.2, 0.25) is 0 Å². The van der Waals surface area contributed by atoms with Crippen molar-refractivity contribution in [3.05, 3.63) is 58.6 Å². The summed E-state index contributed by atoms with van der Waals surface area (Å²) in [5, 5.41) is 11.1. The lowest BCUT2D eigenvalue weighted by molar-refractivity contribution is 1.24. The minimum absolute atomic E-state index is 0.594. The first-order chi connectivity index (χ1) is 11.0. The maximum Gasteiger partial charge on any atom is 0.132 e. The molecule has 0 atom stereocenters. The Morgan fingerprint density at radius 1 is 1.13 bits per heavy atom. The lowest BCUT2D eigenvalue weighted by atomic mass is 10.2. The first kappa shape index (κ1) is 15.4. The van der Waals surface area contributed by atoms with Crippen molar-refractivity contribution in [2.24, 2.45) is 0 Å². The number of anilines is 2. The Bertz CT molecular complexity index is 867. The molecule has 5 heteroatoms. The number of aromatic nitrogens is 2. The second kappa shape index (κ2) is 6.30. The molecule has 0 aliphatic rings. The summed E-state index contributed by atoms with van der Waals surface area (Å²) in [6.45, 7) is 5.88. The van der Waals surface area contributed by atoms with Gasteiger partial charge in [0.25, 0.3) is 0 Å². The molecular weight excluding hydrogens is 304 g/mol. The zero-order valence-corrected chi connectivity index (χ0v) is 14.2. The van der Waals surface area contributed by atoms with E-state index in [9.17, 15) is 0 Å². The first-order valence-corrected chi connectivity index (χ1v) is 8.17. The van der Waals surface area contributed by atoms with Gasteiger partial charge in [0.2, 0.25) is 0 Å². The second-order valence-electron chi connectivity index (χ2n) is 5.50. The van der Waals surface area contributed by atoms with Gasteiger partial charge >= 0.3 is 0 Å². The van der Waals surface area contributed by atoms with Crippen LogP contribution < -0.4 is 5.32 Å². The molecule has 0 aliphatic carbocycles. The van der Waals surface area contributed by atoms with Crippen molar-refractivity contribution in [3.63, 3.8) is 0 Å². The van der Waals surface area contributed by atoms with Crippen LogP contribution in [0.15, 0.2) is 42.6 Å². The molecule has 4 nitrogen and oxygen atoms in total. The molecule has 0 spiro atoms. The summed E-state index contributed by atoms with van der Waals surface area (Å²) >= 11 is 1.61. The maximum atomic E-state index is 7.83. The van der Waals surface area contributed by atoms with Crippen molar-refractivity contribution in [2.75, 3.05) is 5.32 Å². The number of hydrogen-bond donors (Lipinski definition) is 2. The molecule has 116 valence electrons. The summed E-state index contributed by atoms with van der Waals surface area (Å²) < 4.78 is 0. The van der Waals surface area contributed by atoms with E-state index < -0.39 is 0 Å². The Balaban J connectivity index is 1.91. The van der Waals surface area contributed by atoms with Gasteiger partial charge in [-0.05, 0) is 62.2 Å². The van der Waals surface area contributed by atoms with E-state index in [-0.39, 0.29) is 0 Å². The van der Waals surface area contributed by atoms with Gasteiger partial charge in [-0.25, -0.2) is 9.97 Å². The van der Waals surface area contributed by atoms with E-state index in [1.165, 1.54) is 0 Å². The third-order valence-corrected chi connectivity index (χ3v) is 4.81. The number of pyridine rings is 2. The summed E-state index contributed by atoms with van der Waals surface area (Å²) in [4.78, 5) is 11.1. The standard InChI is InChI=1S/C18H18N4S/c1-11-7-8-20-17(9-11)22-16-6-4-5-14(21-16)15-10-12(2)18(23-15)13(3)19/h4-10,19H,1-3H3,(H,20,21,22). The van der Waals surface area contributed by atoms with E-state index in [0.717, 1.165) is 38.2 Å². The van der Waals surface area contributed by atoms with E-state index in [1.54, 1.807) is 17.5 Å². The molecule has 0 bridgehead atoms. The van der Waals surface area contributed by atoms with Crippen LogP contribution >= 0.6 is 11.3 Å². The Labute approximate surface area is 139 Å². The first-order valence-electron chi connectivity index (χ1n) is 7.36. The Hall–Kier alpha value is -2.53. The summed E-state index contributed by atoms with van der Waals surface area (Å²) in [5.41, 5.74) is 3.77. The normalized spacial score (nSPS) is 10.6. The molecule has 3 aromatic rings. The number of nitrogens with one attached hydrogen (secondary N) is 2. The minimum atomic E-state index is 0.594. The van der Waals surface area contributed by atoms with Crippen LogP contribution in [0.25, 0.3) is 10.6 Å². The highest BCUT2D eigenvalue weighted by molar-refractivity contribution is 7.17. The third-order valence-electron chi connectivity index (χ3n) is 3.43. The minimum Gasteiger partial charge on any atom is -0.325 e. The van der Waals surface area contributed by atoms with Crippen LogP contribution in [0, 0.1) is 19.3 Å². The Morgan fingerprint density at radius 3 is 2.65 bits per heavy atom. The van der Waals surface area contributed by atoms with Gasteiger partial charge in [0.15, 0.2) is 0 Å². The summed E-state index contributed by atoms with van der Waals surface area (Å²) in [6.07, 6.45) is 1.78. The summed E-state index contributed by atoms with van der Waals surface area (Å²) in [7, 11) is 0. The molecule has 0 unspecified atom stereocenters. The highest BCUT2D eigenvalue weighted by Crippen LogP contribution is 2.31. The van der Waals surface area contributed by atoms with E-state index in [2.05, 4.69) is 21.4 Å². The number of nitrogens with zero attached hydrogens (tertiary/aromatic N) is 2. The molecule has 3 aromatic heterocycles. The average molecular weight is 322 g/mol. The van der Waals surface area contributed by atoms with E-state index in [0.29, 0.717) is 5.71 Å². The molecule has 3 heterocycles. The molecule has 0 aromatic carbocycles. The molecule has 0 saturated heterocycles. The maximum absolute atomic E-state index is 7.83.